The molecule has 0 fully saturated rings. The van der Waals surface area contributed by atoms with Gasteiger partial charge in [-0.3, -0.25) is 9.59 Å². The summed E-state index contributed by atoms with van der Waals surface area (Å²) in [6.45, 7) is 6.40. The second-order valence-corrected chi connectivity index (χ2v) is 13.3. The number of carbonyl (C=O) groups is 2. The number of benzene rings is 4. The highest BCUT2D eigenvalue weighted by molar-refractivity contribution is 6.02. The van der Waals surface area contributed by atoms with E-state index >= 15 is 0 Å². The lowest BCUT2D eigenvalue weighted by molar-refractivity contribution is -0.767. The first kappa shape index (κ1) is 36.7. The van der Waals surface area contributed by atoms with Crippen LogP contribution in [0, 0.1) is 17.0 Å². The molecule has 1 N–H and O–H groups in total. The largest absolute Gasteiger partial charge is 0.464 e. The van der Waals surface area contributed by atoms with Gasteiger partial charge in [-0.05, 0) is 92.1 Å². The zero-order valence-electron chi connectivity index (χ0n) is 30.5. The minimum absolute atomic E-state index is 0.153. The number of hydrogen-bond donors (Lipinski definition) is 1. The molecule has 2 aromatic heterocycles. The molecule has 0 radical (unpaired) electrons. The van der Waals surface area contributed by atoms with Gasteiger partial charge in [0.05, 0.1) is 28.7 Å². The molecule has 0 aliphatic carbocycles. The predicted molar refractivity (Wildman–Crippen MR) is 204 cm³/mol. The van der Waals surface area contributed by atoms with Crippen molar-refractivity contribution in [3.05, 3.63) is 118 Å². The van der Waals surface area contributed by atoms with Crippen LogP contribution in [0.4, 0.5) is 0 Å². The van der Waals surface area contributed by atoms with E-state index in [0.717, 1.165) is 74.4 Å². The average Bonchev–Trinajstić information content (AvgIpc) is 3.67. The van der Waals surface area contributed by atoms with Crippen LogP contribution in [-0.4, -0.2) is 55.3 Å². The summed E-state index contributed by atoms with van der Waals surface area (Å²) in [6.07, 6.45) is 2.90. The normalized spacial score (nSPS) is 11.8. The molecule has 2 heterocycles. The van der Waals surface area contributed by atoms with Crippen LogP contribution in [0.1, 0.15) is 66.8 Å². The van der Waals surface area contributed by atoms with Crippen LogP contribution in [0.25, 0.3) is 44.6 Å². The average molecular weight is 717 g/mol. The van der Waals surface area contributed by atoms with Gasteiger partial charge in [-0.25, -0.2) is 9.97 Å². The predicted octanol–water partition coefficient (Wildman–Crippen LogP) is 7.61. The fraction of sp³-hybridized carbons (Fsp3) is 0.317. The maximum atomic E-state index is 13.2. The van der Waals surface area contributed by atoms with Crippen molar-refractivity contribution >= 4 is 33.9 Å². The van der Waals surface area contributed by atoms with Gasteiger partial charge in [-0.2, -0.15) is 0 Å². The summed E-state index contributed by atoms with van der Waals surface area (Å²) in [5.74, 6) is 1.01. The van der Waals surface area contributed by atoms with Crippen molar-refractivity contribution in [2.24, 2.45) is 7.05 Å². The van der Waals surface area contributed by atoms with E-state index in [0.29, 0.717) is 31.4 Å². The van der Waals surface area contributed by atoms with Gasteiger partial charge in [0.25, 0.3) is 11.0 Å². The zero-order chi connectivity index (χ0) is 37.5. The molecule has 0 bridgehead atoms. The number of aromatic nitrogens is 4. The molecule has 1 amide bonds. The van der Waals surface area contributed by atoms with Crippen LogP contribution >= 0.6 is 0 Å². The quantitative estimate of drug-likeness (QED) is 0.0467. The minimum atomic E-state index is -0.810. The Kier molecular flexibility index (Phi) is 11.5. The van der Waals surface area contributed by atoms with E-state index in [9.17, 15) is 19.7 Å². The van der Waals surface area contributed by atoms with Crippen molar-refractivity contribution in [1.82, 2.24) is 24.4 Å². The first-order valence-electron chi connectivity index (χ1n) is 18.0. The fourth-order valence-electron chi connectivity index (χ4n) is 6.69. The van der Waals surface area contributed by atoms with Gasteiger partial charge in [-0.15, -0.1) is 10.1 Å². The number of hydrogen-bond acceptors (Lipinski definition) is 8. The maximum absolute atomic E-state index is 13.2. The van der Waals surface area contributed by atoms with Crippen molar-refractivity contribution in [1.29, 1.82) is 0 Å². The highest BCUT2D eigenvalue weighted by atomic mass is 17.0. The Hall–Kier alpha value is -6.04. The molecular formula is C41H44N6O6. The van der Waals surface area contributed by atoms with Crippen molar-refractivity contribution in [3.63, 3.8) is 0 Å². The molecule has 0 saturated heterocycles. The van der Waals surface area contributed by atoms with Crippen LogP contribution in [0.15, 0.2) is 84.9 Å². The number of fused-ring (bicyclic) bond motifs is 2. The maximum Gasteiger partial charge on any atom is 0.325 e. The van der Waals surface area contributed by atoms with Crippen molar-refractivity contribution in [2.75, 3.05) is 13.2 Å². The Morgan fingerprint density at radius 2 is 1.70 bits per heavy atom. The Morgan fingerprint density at radius 3 is 2.45 bits per heavy atom. The zero-order valence-corrected chi connectivity index (χ0v) is 30.5. The lowest BCUT2D eigenvalue weighted by Crippen LogP contribution is -2.31. The van der Waals surface area contributed by atoms with E-state index in [1.165, 1.54) is 0 Å². The summed E-state index contributed by atoms with van der Waals surface area (Å²) < 4.78 is 9.67. The Bertz CT molecular complexity index is 2260. The second-order valence-electron chi connectivity index (χ2n) is 13.3. The van der Waals surface area contributed by atoms with Gasteiger partial charge < -0.3 is 24.0 Å². The molecule has 0 aliphatic heterocycles. The van der Waals surface area contributed by atoms with Gasteiger partial charge >= 0.3 is 5.97 Å². The lowest BCUT2D eigenvalue weighted by atomic mass is 9.98. The number of esters is 1. The Morgan fingerprint density at radius 1 is 0.943 bits per heavy atom. The SMILES string of the molecule is CCCc1nc2c(C)cc(-c3nc4ccccc4n3C)cc2n1Cc1ccc(-c2ccccc2C(=O)NCC(=O)OCCCCC(C)O[N+](=O)[O-])cc1. The van der Waals surface area contributed by atoms with E-state index in [1.807, 2.05) is 42.5 Å². The van der Waals surface area contributed by atoms with Crippen molar-refractivity contribution < 1.29 is 24.3 Å². The van der Waals surface area contributed by atoms with Gasteiger partial charge in [-0.1, -0.05) is 61.5 Å². The lowest BCUT2D eigenvalue weighted by Gasteiger charge is -2.13. The minimum Gasteiger partial charge on any atom is -0.464 e. The topological polar surface area (TPSA) is 143 Å². The molecule has 6 aromatic rings. The number of nitrogens with one attached hydrogen (secondary N) is 1. The monoisotopic (exact) mass is 716 g/mol. The number of imidazole rings is 2. The number of para-hydroxylation sites is 2. The number of ether oxygens (including phenoxy) is 1. The van der Waals surface area contributed by atoms with Gasteiger partial charge in [0.1, 0.15) is 24.3 Å². The number of unbranched alkanes of at least 4 members (excludes halogenated alkanes) is 1. The Balaban J connectivity index is 1.15. The third-order valence-electron chi connectivity index (χ3n) is 9.35. The number of carbonyl (C=O) groups excluding carboxylic acids is 2. The van der Waals surface area contributed by atoms with Crippen LogP contribution < -0.4 is 5.32 Å². The number of amides is 1. The van der Waals surface area contributed by atoms with Gasteiger partial charge in [0.15, 0.2) is 0 Å². The summed E-state index contributed by atoms with van der Waals surface area (Å²) in [5, 5.41) is 12.3. The molecule has 6 rings (SSSR count). The first-order valence-corrected chi connectivity index (χ1v) is 18.0. The summed E-state index contributed by atoms with van der Waals surface area (Å²) in [4.78, 5) is 50.4. The second kappa shape index (κ2) is 16.5. The third kappa shape index (κ3) is 8.54. The standard InChI is InChI=1S/C41H44N6O6/c1-5-12-37-44-39-27(2)23-31(40-43-34-16-8-9-17-35(34)45(40)4)24-36(39)46(37)26-29-18-20-30(21-19-29)32-14-6-7-15-33(32)41(49)42-25-38(48)52-22-11-10-13-28(3)53-47(50)51/h6-9,14-21,23-24,28H,5,10-13,22,25-26H2,1-4H3,(H,42,49). The smallest absolute Gasteiger partial charge is 0.325 e. The molecule has 1 atom stereocenters. The molecule has 53 heavy (non-hydrogen) atoms. The molecule has 12 nitrogen and oxygen atoms in total. The summed E-state index contributed by atoms with van der Waals surface area (Å²) in [7, 11) is 2.05. The molecule has 12 heteroatoms. The van der Waals surface area contributed by atoms with Crippen LogP contribution in [0.5, 0.6) is 0 Å². The number of rotatable bonds is 16. The van der Waals surface area contributed by atoms with E-state index in [4.69, 9.17) is 14.7 Å². The van der Waals surface area contributed by atoms with E-state index in [-0.39, 0.29) is 19.1 Å². The van der Waals surface area contributed by atoms with Gasteiger partial charge in [0.2, 0.25) is 0 Å². The molecule has 0 saturated carbocycles. The highest BCUT2D eigenvalue weighted by Crippen LogP contribution is 2.31. The number of aryl methyl sites for hydroxylation is 3. The van der Waals surface area contributed by atoms with Crippen LogP contribution in [0.3, 0.4) is 0 Å². The summed E-state index contributed by atoms with van der Waals surface area (Å²) in [5.41, 5.74) is 9.42. The van der Waals surface area contributed by atoms with E-state index in [1.54, 1.807) is 19.1 Å². The van der Waals surface area contributed by atoms with Gasteiger partial charge in [0, 0.05) is 31.1 Å². The third-order valence-corrected chi connectivity index (χ3v) is 9.35. The molecule has 0 aliphatic rings. The molecule has 4 aromatic carbocycles. The fourth-order valence-corrected chi connectivity index (χ4v) is 6.69. The summed E-state index contributed by atoms with van der Waals surface area (Å²) >= 11 is 0. The Labute approximate surface area is 307 Å². The summed E-state index contributed by atoms with van der Waals surface area (Å²) in [6, 6.07) is 28.0. The van der Waals surface area contributed by atoms with E-state index < -0.39 is 17.2 Å². The van der Waals surface area contributed by atoms with Crippen LogP contribution in [-0.2, 0) is 34.4 Å². The van der Waals surface area contributed by atoms with Crippen molar-refractivity contribution in [2.45, 2.75) is 65.5 Å². The number of nitrogens with zero attached hydrogens (tertiary/aromatic N) is 5. The molecule has 274 valence electrons. The molecular weight excluding hydrogens is 672 g/mol. The van der Waals surface area contributed by atoms with E-state index in [2.05, 4.69) is 70.5 Å². The molecule has 1 unspecified atom stereocenters. The van der Waals surface area contributed by atoms with Crippen molar-refractivity contribution in [3.8, 4) is 22.5 Å². The molecule has 0 spiro atoms. The van der Waals surface area contributed by atoms with Crippen LogP contribution in [0.2, 0.25) is 0 Å². The highest BCUT2D eigenvalue weighted by Gasteiger charge is 2.18. The first-order chi connectivity index (χ1) is 25.6.